The van der Waals surface area contributed by atoms with Crippen molar-refractivity contribution in [3.63, 3.8) is 0 Å². The topological polar surface area (TPSA) is 58.2 Å². The van der Waals surface area contributed by atoms with Crippen molar-refractivity contribution < 1.29 is 9.59 Å². The van der Waals surface area contributed by atoms with Crippen molar-refractivity contribution in [2.75, 3.05) is 10.6 Å². The number of nitrogens with one attached hydrogen (secondary N) is 2. The Balaban J connectivity index is 1.51. The molecular formula is C26H21ClN2O2S2. The number of halogens is 1. The molecule has 4 nitrogen and oxygen atoms in total. The second-order valence-electron chi connectivity index (χ2n) is 7.27. The van der Waals surface area contributed by atoms with E-state index in [9.17, 15) is 9.59 Å². The maximum absolute atomic E-state index is 13.3. The van der Waals surface area contributed by atoms with E-state index >= 15 is 0 Å². The summed E-state index contributed by atoms with van der Waals surface area (Å²) < 4.78 is 0. The van der Waals surface area contributed by atoms with Gasteiger partial charge in [-0.2, -0.15) is 0 Å². The van der Waals surface area contributed by atoms with Crippen LogP contribution in [-0.2, 0) is 4.79 Å². The van der Waals surface area contributed by atoms with E-state index in [0.29, 0.717) is 21.3 Å². The van der Waals surface area contributed by atoms with Gasteiger partial charge >= 0.3 is 0 Å². The number of thiophene rings is 1. The van der Waals surface area contributed by atoms with Gasteiger partial charge in [-0.15, -0.1) is 23.1 Å². The number of amides is 2. The Morgan fingerprint density at radius 1 is 0.879 bits per heavy atom. The molecule has 33 heavy (non-hydrogen) atoms. The minimum absolute atomic E-state index is 0.133. The van der Waals surface area contributed by atoms with Gasteiger partial charge in [0.15, 0.2) is 0 Å². The fourth-order valence-electron chi connectivity index (χ4n) is 3.20. The molecule has 0 bridgehead atoms. The highest BCUT2D eigenvalue weighted by atomic mass is 35.5. The monoisotopic (exact) mass is 492 g/mol. The Morgan fingerprint density at radius 2 is 1.64 bits per heavy atom. The van der Waals surface area contributed by atoms with E-state index in [0.717, 1.165) is 16.0 Å². The quantitative estimate of drug-likeness (QED) is 0.264. The number of carbonyl (C=O) groups excluding carboxylic acids is 2. The number of hydrogen-bond acceptors (Lipinski definition) is 4. The molecule has 166 valence electrons. The molecule has 0 aliphatic rings. The fraction of sp³-hybridized carbons (Fsp3) is 0.0769. The largest absolute Gasteiger partial charge is 0.325 e. The predicted molar refractivity (Wildman–Crippen MR) is 139 cm³/mol. The average Bonchev–Trinajstić information content (AvgIpc) is 3.37. The van der Waals surface area contributed by atoms with Gasteiger partial charge < -0.3 is 10.6 Å². The highest BCUT2D eigenvalue weighted by Crippen LogP contribution is 2.37. The number of carbonyl (C=O) groups is 2. The fourth-order valence-corrected chi connectivity index (χ4v) is 5.01. The lowest BCUT2D eigenvalue weighted by Crippen LogP contribution is -2.19. The second-order valence-corrected chi connectivity index (χ2v) is 9.80. The van der Waals surface area contributed by atoms with E-state index in [1.165, 1.54) is 23.1 Å². The Bertz CT molecular complexity index is 1240. The number of benzene rings is 3. The lowest BCUT2D eigenvalue weighted by Gasteiger charge is -2.18. The van der Waals surface area contributed by atoms with Gasteiger partial charge in [-0.1, -0.05) is 54.1 Å². The molecule has 0 fully saturated rings. The van der Waals surface area contributed by atoms with Crippen molar-refractivity contribution in [2.45, 2.75) is 17.1 Å². The smallest absolute Gasteiger partial charge is 0.265 e. The van der Waals surface area contributed by atoms with E-state index in [4.69, 9.17) is 11.6 Å². The molecule has 2 amide bonds. The molecule has 1 aromatic heterocycles. The third-order valence-corrected chi connectivity index (χ3v) is 7.52. The van der Waals surface area contributed by atoms with E-state index in [1.54, 1.807) is 12.1 Å². The second kappa shape index (κ2) is 10.7. The highest BCUT2D eigenvalue weighted by molar-refractivity contribution is 8.00. The molecule has 4 rings (SSSR count). The molecule has 0 aliphatic carbocycles. The predicted octanol–water partition coefficient (Wildman–Crippen LogP) is 7.43. The molecule has 4 aromatic rings. The zero-order chi connectivity index (χ0) is 23.2. The molecule has 1 atom stereocenters. The van der Waals surface area contributed by atoms with Crippen LogP contribution in [0.2, 0.25) is 5.02 Å². The zero-order valence-corrected chi connectivity index (χ0v) is 20.1. The molecule has 7 heteroatoms. The summed E-state index contributed by atoms with van der Waals surface area (Å²) in [5.74, 6) is -0.268. The Hall–Kier alpha value is -3.06. The summed E-state index contributed by atoms with van der Waals surface area (Å²) in [5, 5.41) is 7.93. The van der Waals surface area contributed by atoms with Crippen LogP contribution in [0.1, 0.15) is 26.0 Å². The van der Waals surface area contributed by atoms with Crippen LogP contribution in [0.25, 0.3) is 0 Å². The van der Waals surface area contributed by atoms with Crippen molar-refractivity contribution in [2.24, 2.45) is 0 Å². The first-order valence-corrected chi connectivity index (χ1v) is 12.4. The Kier molecular flexibility index (Phi) is 7.50. The number of thioether (sulfide) groups is 1. The van der Waals surface area contributed by atoms with Crippen molar-refractivity contribution >= 4 is 57.9 Å². The van der Waals surface area contributed by atoms with Crippen molar-refractivity contribution in [3.05, 3.63) is 111 Å². The first-order chi connectivity index (χ1) is 16.0. The summed E-state index contributed by atoms with van der Waals surface area (Å²) in [6, 6.07) is 26.2. The Morgan fingerprint density at radius 3 is 2.33 bits per heavy atom. The molecule has 0 saturated carbocycles. The van der Waals surface area contributed by atoms with E-state index < -0.39 is 5.25 Å². The van der Waals surface area contributed by atoms with Gasteiger partial charge in [-0.3, -0.25) is 9.59 Å². The van der Waals surface area contributed by atoms with Crippen LogP contribution >= 0.6 is 34.7 Å². The summed E-state index contributed by atoms with van der Waals surface area (Å²) in [5.41, 5.74) is 3.12. The van der Waals surface area contributed by atoms with Gasteiger partial charge in [0.05, 0.1) is 4.88 Å². The van der Waals surface area contributed by atoms with E-state index in [-0.39, 0.29) is 11.8 Å². The zero-order valence-electron chi connectivity index (χ0n) is 17.7. The highest BCUT2D eigenvalue weighted by Gasteiger charge is 2.23. The van der Waals surface area contributed by atoms with Gasteiger partial charge in [0.1, 0.15) is 5.25 Å². The number of hydrogen-bond donors (Lipinski definition) is 2. The van der Waals surface area contributed by atoms with Gasteiger partial charge in [-0.25, -0.2) is 0 Å². The van der Waals surface area contributed by atoms with Crippen LogP contribution in [0.3, 0.4) is 0 Å². The SMILES string of the molecule is Cc1c(Cl)cccc1NC(=O)C(Sc1ccc(NC(=O)c2cccs2)cc1)c1ccccc1. The van der Waals surface area contributed by atoms with Crippen molar-refractivity contribution in [3.8, 4) is 0 Å². The molecule has 1 heterocycles. The summed E-state index contributed by atoms with van der Waals surface area (Å²) in [6.45, 7) is 1.88. The maximum atomic E-state index is 13.3. The van der Waals surface area contributed by atoms with Gasteiger partial charge in [0.2, 0.25) is 5.91 Å². The maximum Gasteiger partial charge on any atom is 0.265 e. The van der Waals surface area contributed by atoms with Crippen LogP contribution in [0, 0.1) is 6.92 Å². The first-order valence-electron chi connectivity index (χ1n) is 10.2. The summed E-state index contributed by atoms with van der Waals surface area (Å²) in [4.78, 5) is 27.1. The summed E-state index contributed by atoms with van der Waals surface area (Å²) in [6.07, 6.45) is 0. The molecule has 3 aromatic carbocycles. The third kappa shape index (κ3) is 5.85. The minimum atomic E-state index is -0.462. The lowest BCUT2D eigenvalue weighted by atomic mass is 10.1. The summed E-state index contributed by atoms with van der Waals surface area (Å²) >= 11 is 9.07. The van der Waals surface area contributed by atoms with Crippen LogP contribution in [0.4, 0.5) is 11.4 Å². The first kappa shape index (κ1) is 23.1. The molecule has 2 N–H and O–H groups in total. The minimum Gasteiger partial charge on any atom is -0.325 e. The van der Waals surface area contributed by atoms with Crippen molar-refractivity contribution in [1.82, 2.24) is 0 Å². The van der Waals surface area contributed by atoms with Gasteiger partial charge in [0.25, 0.3) is 5.91 Å². The lowest BCUT2D eigenvalue weighted by molar-refractivity contribution is -0.115. The van der Waals surface area contributed by atoms with E-state index in [1.807, 2.05) is 85.1 Å². The van der Waals surface area contributed by atoms with Crippen LogP contribution < -0.4 is 10.6 Å². The number of anilines is 2. The van der Waals surface area contributed by atoms with E-state index in [2.05, 4.69) is 10.6 Å². The third-order valence-electron chi connectivity index (χ3n) is 4.98. The van der Waals surface area contributed by atoms with Gasteiger partial charge in [-0.05, 0) is 65.9 Å². The molecule has 0 radical (unpaired) electrons. The van der Waals surface area contributed by atoms with Gasteiger partial charge in [0, 0.05) is 21.3 Å². The number of rotatable bonds is 7. The van der Waals surface area contributed by atoms with Crippen LogP contribution in [0.15, 0.2) is 95.2 Å². The molecule has 0 spiro atoms. The van der Waals surface area contributed by atoms with Crippen LogP contribution in [-0.4, -0.2) is 11.8 Å². The summed E-state index contributed by atoms with van der Waals surface area (Å²) in [7, 11) is 0. The Labute approximate surface area is 206 Å². The molecule has 0 saturated heterocycles. The molecular weight excluding hydrogens is 472 g/mol. The molecule has 0 aliphatic heterocycles. The standard InChI is InChI=1S/C26H21ClN2O2S2/c1-17-21(27)9-5-10-22(17)29-26(31)24(18-7-3-2-4-8-18)33-20-14-12-19(13-15-20)28-25(30)23-11-6-16-32-23/h2-16,24H,1H3,(H,28,30)(H,29,31). The van der Waals surface area contributed by atoms with Crippen LogP contribution in [0.5, 0.6) is 0 Å². The average molecular weight is 493 g/mol. The van der Waals surface area contributed by atoms with Crippen molar-refractivity contribution in [1.29, 1.82) is 0 Å². The molecule has 1 unspecified atom stereocenters. The normalized spacial score (nSPS) is 11.6.